The van der Waals surface area contributed by atoms with Crippen molar-refractivity contribution < 1.29 is 8.42 Å². The SMILES string of the molecule is CCNCc1csc(S(=O)(=O)NCCc2ccn(C)n2)c1. The summed E-state index contributed by atoms with van der Waals surface area (Å²) in [5.41, 5.74) is 1.87. The summed E-state index contributed by atoms with van der Waals surface area (Å²) in [5.74, 6) is 0. The number of thiophene rings is 1. The maximum absolute atomic E-state index is 12.2. The Hall–Kier alpha value is -1.22. The second-order valence-electron chi connectivity index (χ2n) is 4.68. The molecule has 21 heavy (non-hydrogen) atoms. The van der Waals surface area contributed by atoms with E-state index in [0.717, 1.165) is 17.8 Å². The summed E-state index contributed by atoms with van der Waals surface area (Å²) in [6.45, 7) is 3.92. The van der Waals surface area contributed by atoms with Gasteiger partial charge < -0.3 is 5.32 Å². The lowest BCUT2D eigenvalue weighted by Gasteiger charge is -2.03. The summed E-state index contributed by atoms with van der Waals surface area (Å²) in [4.78, 5) is 0. The van der Waals surface area contributed by atoms with Crippen molar-refractivity contribution in [2.75, 3.05) is 13.1 Å². The Labute approximate surface area is 129 Å². The van der Waals surface area contributed by atoms with E-state index in [1.165, 1.54) is 11.3 Å². The zero-order valence-corrected chi connectivity index (χ0v) is 13.8. The van der Waals surface area contributed by atoms with Gasteiger partial charge in [0.15, 0.2) is 0 Å². The standard InChI is InChI=1S/C13H20N4O2S2/c1-3-14-9-11-8-13(20-10-11)21(18,19)15-6-4-12-5-7-17(2)16-12/h5,7-8,10,14-15H,3-4,6,9H2,1-2H3. The van der Waals surface area contributed by atoms with Crippen molar-refractivity contribution >= 4 is 21.4 Å². The van der Waals surface area contributed by atoms with E-state index in [4.69, 9.17) is 0 Å². The van der Waals surface area contributed by atoms with Crippen molar-refractivity contribution in [2.45, 2.75) is 24.1 Å². The largest absolute Gasteiger partial charge is 0.313 e. The zero-order valence-electron chi connectivity index (χ0n) is 12.2. The number of nitrogens with zero attached hydrogens (tertiary/aromatic N) is 2. The molecule has 2 aromatic rings. The first-order chi connectivity index (χ1) is 10.0. The maximum Gasteiger partial charge on any atom is 0.250 e. The molecule has 0 saturated heterocycles. The topological polar surface area (TPSA) is 76.0 Å². The number of aromatic nitrogens is 2. The zero-order chi connectivity index (χ0) is 15.3. The van der Waals surface area contributed by atoms with Crippen LogP contribution >= 0.6 is 11.3 Å². The van der Waals surface area contributed by atoms with Gasteiger partial charge in [-0.1, -0.05) is 6.92 Å². The van der Waals surface area contributed by atoms with Gasteiger partial charge in [-0.3, -0.25) is 4.68 Å². The molecule has 0 aromatic carbocycles. The Balaban J connectivity index is 1.90. The van der Waals surface area contributed by atoms with Gasteiger partial charge in [-0.25, -0.2) is 13.1 Å². The molecule has 0 radical (unpaired) electrons. The minimum atomic E-state index is -3.42. The van der Waals surface area contributed by atoms with Crippen LogP contribution in [-0.2, 0) is 30.0 Å². The number of sulfonamides is 1. The molecule has 2 N–H and O–H groups in total. The van der Waals surface area contributed by atoms with Crippen LogP contribution in [0.2, 0.25) is 0 Å². The average molecular weight is 328 g/mol. The predicted octanol–water partition coefficient (Wildman–Crippen LogP) is 1.11. The molecule has 2 rings (SSSR count). The Bertz CT molecular complexity index is 676. The van der Waals surface area contributed by atoms with E-state index >= 15 is 0 Å². The quantitative estimate of drug-likeness (QED) is 0.761. The van der Waals surface area contributed by atoms with Gasteiger partial charge in [0.1, 0.15) is 4.21 Å². The maximum atomic E-state index is 12.2. The van der Waals surface area contributed by atoms with Gasteiger partial charge in [0, 0.05) is 32.8 Å². The number of rotatable bonds is 8. The van der Waals surface area contributed by atoms with Gasteiger partial charge in [-0.05, 0) is 29.6 Å². The normalized spacial score (nSPS) is 11.9. The van der Waals surface area contributed by atoms with Crippen molar-refractivity contribution in [1.29, 1.82) is 0 Å². The van der Waals surface area contributed by atoms with Crippen LogP contribution in [0.15, 0.2) is 27.9 Å². The van der Waals surface area contributed by atoms with Gasteiger partial charge in [-0.15, -0.1) is 11.3 Å². The molecular formula is C13H20N4O2S2. The van der Waals surface area contributed by atoms with Crippen LogP contribution < -0.4 is 10.0 Å². The summed E-state index contributed by atoms with van der Waals surface area (Å²) in [7, 11) is -1.58. The molecule has 0 unspecified atom stereocenters. The molecular weight excluding hydrogens is 308 g/mol. The van der Waals surface area contributed by atoms with Crippen LogP contribution in [0.5, 0.6) is 0 Å². The summed E-state index contributed by atoms with van der Waals surface area (Å²) < 4.78 is 29.0. The van der Waals surface area contributed by atoms with Crippen LogP contribution in [0, 0.1) is 0 Å². The van der Waals surface area contributed by atoms with E-state index in [2.05, 4.69) is 15.1 Å². The lowest BCUT2D eigenvalue weighted by molar-refractivity contribution is 0.583. The molecule has 0 saturated carbocycles. The average Bonchev–Trinajstić information content (AvgIpc) is 3.06. The molecule has 0 atom stereocenters. The summed E-state index contributed by atoms with van der Waals surface area (Å²) in [6, 6.07) is 3.60. The third kappa shape index (κ3) is 4.63. The molecule has 2 heterocycles. The number of hydrogen-bond acceptors (Lipinski definition) is 5. The van der Waals surface area contributed by atoms with E-state index in [1.54, 1.807) is 10.7 Å². The minimum absolute atomic E-state index is 0.347. The molecule has 0 aliphatic heterocycles. The van der Waals surface area contributed by atoms with Gasteiger partial charge >= 0.3 is 0 Å². The fraction of sp³-hybridized carbons (Fsp3) is 0.462. The Morgan fingerprint density at radius 2 is 2.24 bits per heavy atom. The molecule has 0 bridgehead atoms. The molecule has 0 amide bonds. The lowest BCUT2D eigenvalue weighted by atomic mass is 10.3. The highest BCUT2D eigenvalue weighted by atomic mass is 32.2. The molecule has 0 spiro atoms. The van der Waals surface area contributed by atoms with Crippen LogP contribution in [0.1, 0.15) is 18.2 Å². The van der Waals surface area contributed by atoms with E-state index in [-0.39, 0.29) is 0 Å². The Morgan fingerprint density at radius 3 is 2.90 bits per heavy atom. The first-order valence-electron chi connectivity index (χ1n) is 6.77. The Morgan fingerprint density at radius 1 is 1.43 bits per heavy atom. The van der Waals surface area contributed by atoms with E-state index in [0.29, 0.717) is 23.7 Å². The second-order valence-corrected chi connectivity index (χ2v) is 7.59. The van der Waals surface area contributed by atoms with Crippen LogP contribution in [0.25, 0.3) is 0 Å². The van der Waals surface area contributed by atoms with Crippen molar-refractivity contribution in [3.63, 3.8) is 0 Å². The van der Waals surface area contributed by atoms with Crippen molar-refractivity contribution in [2.24, 2.45) is 7.05 Å². The second kappa shape index (κ2) is 7.17. The molecule has 116 valence electrons. The van der Waals surface area contributed by atoms with Gasteiger partial charge in [0.05, 0.1) is 5.69 Å². The van der Waals surface area contributed by atoms with Crippen LogP contribution in [0.4, 0.5) is 0 Å². The highest BCUT2D eigenvalue weighted by Crippen LogP contribution is 2.19. The fourth-order valence-corrected chi connectivity index (χ4v) is 4.12. The summed E-state index contributed by atoms with van der Waals surface area (Å²) >= 11 is 1.25. The van der Waals surface area contributed by atoms with E-state index < -0.39 is 10.0 Å². The fourth-order valence-electron chi connectivity index (χ4n) is 1.84. The van der Waals surface area contributed by atoms with E-state index in [1.807, 2.05) is 31.6 Å². The molecule has 2 aromatic heterocycles. The number of hydrogen-bond donors (Lipinski definition) is 2. The van der Waals surface area contributed by atoms with Crippen LogP contribution in [0.3, 0.4) is 0 Å². The third-order valence-corrected chi connectivity index (χ3v) is 5.87. The summed E-state index contributed by atoms with van der Waals surface area (Å²) in [5, 5.41) is 9.27. The van der Waals surface area contributed by atoms with Gasteiger partial charge in [0.25, 0.3) is 0 Å². The molecule has 8 heteroatoms. The summed E-state index contributed by atoms with van der Waals surface area (Å²) in [6.07, 6.45) is 2.42. The van der Waals surface area contributed by atoms with Gasteiger partial charge in [0.2, 0.25) is 10.0 Å². The minimum Gasteiger partial charge on any atom is -0.313 e. The van der Waals surface area contributed by atoms with Crippen LogP contribution in [-0.4, -0.2) is 31.3 Å². The number of nitrogens with one attached hydrogen (secondary N) is 2. The molecule has 0 aliphatic carbocycles. The lowest BCUT2D eigenvalue weighted by Crippen LogP contribution is -2.25. The highest BCUT2D eigenvalue weighted by Gasteiger charge is 2.16. The van der Waals surface area contributed by atoms with E-state index in [9.17, 15) is 8.42 Å². The highest BCUT2D eigenvalue weighted by molar-refractivity contribution is 7.91. The van der Waals surface area contributed by atoms with Crippen molar-refractivity contribution in [3.05, 3.63) is 35.0 Å². The van der Waals surface area contributed by atoms with Crippen molar-refractivity contribution in [1.82, 2.24) is 19.8 Å². The van der Waals surface area contributed by atoms with Gasteiger partial charge in [-0.2, -0.15) is 5.10 Å². The number of aryl methyl sites for hydroxylation is 1. The third-order valence-electron chi connectivity index (χ3n) is 2.92. The predicted molar refractivity (Wildman–Crippen MR) is 83.8 cm³/mol. The molecule has 0 aliphatic rings. The Kier molecular flexibility index (Phi) is 5.51. The molecule has 6 nitrogen and oxygen atoms in total. The molecule has 0 fully saturated rings. The van der Waals surface area contributed by atoms with Crippen molar-refractivity contribution in [3.8, 4) is 0 Å². The smallest absolute Gasteiger partial charge is 0.250 e. The first kappa shape index (κ1) is 16.2. The first-order valence-corrected chi connectivity index (χ1v) is 9.14. The monoisotopic (exact) mass is 328 g/mol.